The molecule has 0 amide bonds. The Hall–Kier alpha value is 1.01. The van der Waals surface area contributed by atoms with Gasteiger partial charge in [-0.15, -0.1) is 24.8 Å². The minimum Gasteiger partial charge on any atom is -0.153 e. The van der Waals surface area contributed by atoms with Crippen molar-refractivity contribution in [1.29, 1.82) is 0 Å². The molecular formula is C7H19Cl2P. The van der Waals surface area contributed by atoms with Crippen LogP contribution >= 0.6 is 34.7 Å². The summed E-state index contributed by atoms with van der Waals surface area (Å²) in [4.78, 5) is 0. The highest BCUT2D eigenvalue weighted by Gasteiger charge is 2.05. The van der Waals surface area contributed by atoms with E-state index in [9.17, 15) is 0 Å². The zero-order valence-corrected chi connectivity index (χ0v) is 9.68. The van der Waals surface area contributed by atoms with Crippen molar-refractivity contribution < 1.29 is 0 Å². The van der Waals surface area contributed by atoms with Crippen LogP contribution in [0.3, 0.4) is 0 Å². The second-order valence-electron chi connectivity index (χ2n) is 2.74. The zero-order chi connectivity index (χ0) is 5.11. The first-order valence-corrected chi connectivity index (χ1v) is 3.39. The third-order valence-electron chi connectivity index (χ3n) is 1.89. The molecule has 0 spiro atoms. The van der Waals surface area contributed by atoms with E-state index in [2.05, 4.69) is 6.92 Å². The fraction of sp³-hybridized carbons (Fsp3) is 1.00. The molecule has 1 atom stereocenters. The maximum absolute atomic E-state index is 2.36. The Morgan fingerprint density at radius 3 is 1.50 bits per heavy atom. The Balaban J connectivity index is -0.000000163. The molecule has 0 radical (unpaired) electrons. The maximum Gasteiger partial charge on any atom is -0.0443 e. The van der Waals surface area contributed by atoms with Gasteiger partial charge in [0, 0.05) is 0 Å². The quantitative estimate of drug-likeness (QED) is 0.531. The fourth-order valence-electron chi connectivity index (χ4n) is 1.31. The highest BCUT2D eigenvalue weighted by molar-refractivity contribution is 6.92. The molecule has 1 saturated carbocycles. The molecule has 0 nitrogen and oxygen atoms in total. The van der Waals surface area contributed by atoms with Gasteiger partial charge in [-0.1, -0.05) is 39.0 Å². The van der Waals surface area contributed by atoms with Gasteiger partial charge in [0.2, 0.25) is 0 Å². The summed E-state index contributed by atoms with van der Waals surface area (Å²) in [7, 11) is 0. The van der Waals surface area contributed by atoms with Gasteiger partial charge in [0.25, 0.3) is 0 Å². The second-order valence-corrected chi connectivity index (χ2v) is 2.74. The Kier molecular flexibility index (Phi) is 17.2. The van der Waals surface area contributed by atoms with Gasteiger partial charge in [-0.2, -0.15) is 9.90 Å². The summed E-state index contributed by atoms with van der Waals surface area (Å²) in [6.07, 6.45) is 7.44. The molecule has 0 aliphatic heterocycles. The molecule has 0 N–H and O–H groups in total. The van der Waals surface area contributed by atoms with Gasteiger partial charge in [0.05, 0.1) is 0 Å². The van der Waals surface area contributed by atoms with Gasteiger partial charge in [-0.05, 0) is 5.92 Å². The van der Waals surface area contributed by atoms with Crippen molar-refractivity contribution in [3.63, 3.8) is 0 Å². The van der Waals surface area contributed by atoms with Crippen molar-refractivity contribution in [2.24, 2.45) is 5.92 Å². The van der Waals surface area contributed by atoms with E-state index in [1.807, 2.05) is 0 Å². The molecule has 1 unspecified atom stereocenters. The monoisotopic (exact) mass is 204 g/mol. The van der Waals surface area contributed by atoms with E-state index in [1.54, 1.807) is 0 Å². The lowest BCUT2D eigenvalue weighted by Gasteiger charge is -2.15. The molecule has 0 bridgehead atoms. The molecule has 1 aliphatic rings. The molecule has 1 aliphatic carbocycles. The molecule has 0 saturated heterocycles. The van der Waals surface area contributed by atoms with Crippen LogP contribution in [0.2, 0.25) is 0 Å². The topological polar surface area (TPSA) is 0 Å². The SMILES string of the molecule is CC1CCCCC1.Cl.Cl.P. The summed E-state index contributed by atoms with van der Waals surface area (Å²) in [6.45, 7) is 2.36. The summed E-state index contributed by atoms with van der Waals surface area (Å²) < 4.78 is 0. The fourth-order valence-corrected chi connectivity index (χ4v) is 1.31. The van der Waals surface area contributed by atoms with Crippen molar-refractivity contribution in [3.8, 4) is 0 Å². The van der Waals surface area contributed by atoms with Crippen LogP contribution in [-0.2, 0) is 0 Å². The Morgan fingerprint density at radius 1 is 0.900 bits per heavy atom. The van der Waals surface area contributed by atoms with Crippen molar-refractivity contribution >= 4 is 34.7 Å². The summed E-state index contributed by atoms with van der Waals surface area (Å²) in [5, 5.41) is 0. The van der Waals surface area contributed by atoms with Crippen molar-refractivity contribution in [2.45, 2.75) is 39.0 Å². The molecule has 0 heterocycles. The van der Waals surface area contributed by atoms with Gasteiger partial charge in [-0.25, -0.2) is 0 Å². The van der Waals surface area contributed by atoms with Crippen LogP contribution in [0.15, 0.2) is 0 Å². The Labute approximate surface area is 80.0 Å². The first kappa shape index (κ1) is 17.2. The highest BCUT2D eigenvalue weighted by atomic mass is 35.5. The van der Waals surface area contributed by atoms with Crippen molar-refractivity contribution in [2.75, 3.05) is 0 Å². The molecule has 0 aromatic carbocycles. The highest BCUT2D eigenvalue weighted by Crippen LogP contribution is 2.21. The van der Waals surface area contributed by atoms with E-state index in [0.29, 0.717) is 0 Å². The van der Waals surface area contributed by atoms with E-state index in [4.69, 9.17) is 0 Å². The lowest BCUT2D eigenvalue weighted by molar-refractivity contribution is 0.385. The number of hydrogen-bond acceptors (Lipinski definition) is 0. The predicted octanol–water partition coefficient (Wildman–Crippen LogP) is 3.49. The predicted molar refractivity (Wildman–Crippen MR) is 57.9 cm³/mol. The lowest BCUT2D eigenvalue weighted by Crippen LogP contribution is -1.99. The molecule has 1 fully saturated rings. The number of rotatable bonds is 0. The molecule has 66 valence electrons. The smallest absolute Gasteiger partial charge is 0.0443 e. The van der Waals surface area contributed by atoms with Crippen LogP contribution < -0.4 is 0 Å². The van der Waals surface area contributed by atoms with Gasteiger partial charge < -0.3 is 0 Å². The van der Waals surface area contributed by atoms with Gasteiger partial charge >= 0.3 is 0 Å². The summed E-state index contributed by atoms with van der Waals surface area (Å²) in [5.41, 5.74) is 0. The van der Waals surface area contributed by atoms with Crippen molar-refractivity contribution in [3.05, 3.63) is 0 Å². The molecule has 3 heteroatoms. The van der Waals surface area contributed by atoms with Gasteiger partial charge in [-0.3, -0.25) is 0 Å². The van der Waals surface area contributed by atoms with E-state index < -0.39 is 0 Å². The Bertz CT molecular complexity index is 53.6. The standard InChI is InChI=1S/C7H14.2ClH.H3P/c1-7-5-3-2-4-6-7;;;/h7H,2-6H2,1H3;2*1H;1H3. The lowest BCUT2D eigenvalue weighted by atomic mass is 9.91. The average molecular weight is 205 g/mol. The second kappa shape index (κ2) is 10.0. The third-order valence-corrected chi connectivity index (χ3v) is 1.89. The first-order valence-electron chi connectivity index (χ1n) is 3.39. The third kappa shape index (κ3) is 7.12. The largest absolute Gasteiger partial charge is 0.153 e. The van der Waals surface area contributed by atoms with Crippen LogP contribution in [-0.4, -0.2) is 0 Å². The van der Waals surface area contributed by atoms with Crippen LogP contribution in [0.4, 0.5) is 0 Å². The number of halogens is 2. The van der Waals surface area contributed by atoms with Crippen molar-refractivity contribution in [1.82, 2.24) is 0 Å². The van der Waals surface area contributed by atoms with Crippen LogP contribution in [0.1, 0.15) is 39.0 Å². The normalized spacial score (nSPS) is 17.7. The molecular weight excluding hydrogens is 186 g/mol. The summed E-state index contributed by atoms with van der Waals surface area (Å²) in [5.74, 6) is 1.04. The van der Waals surface area contributed by atoms with E-state index in [1.165, 1.54) is 32.1 Å². The van der Waals surface area contributed by atoms with Crippen LogP contribution in [0, 0.1) is 5.92 Å². The van der Waals surface area contributed by atoms with Crippen LogP contribution in [0.25, 0.3) is 0 Å². The summed E-state index contributed by atoms with van der Waals surface area (Å²) >= 11 is 0. The van der Waals surface area contributed by atoms with E-state index >= 15 is 0 Å². The Morgan fingerprint density at radius 2 is 1.30 bits per heavy atom. The first-order chi connectivity index (χ1) is 3.39. The zero-order valence-electron chi connectivity index (χ0n) is 6.64. The number of hydrogen-bond donors (Lipinski definition) is 0. The van der Waals surface area contributed by atoms with Gasteiger partial charge in [0.15, 0.2) is 0 Å². The van der Waals surface area contributed by atoms with E-state index in [-0.39, 0.29) is 34.7 Å². The molecule has 1 rings (SSSR count). The summed E-state index contributed by atoms with van der Waals surface area (Å²) in [6, 6.07) is 0. The van der Waals surface area contributed by atoms with E-state index in [0.717, 1.165) is 5.92 Å². The molecule has 0 aromatic rings. The maximum atomic E-state index is 2.36. The molecule has 0 aromatic heterocycles. The van der Waals surface area contributed by atoms with Gasteiger partial charge in [0.1, 0.15) is 0 Å². The van der Waals surface area contributed by atoms with Crippen LogP contribution in [0.5, 0.6) is 0 Å². The minimum atomic E-state index is 0. The average Bonchev–Trinajstić information content (AvgIpc) is 1.69. The minimum absolute atomic E-state index is 0. The molecule has 10 heavy (non-hydrogen) atoms.